The first-order valence-electron chi connectivity index (χ1n) is 6.36. The lowest BCUT2D eigenvalue weighted by Gasteiger charge is -2.36. The van der Waals surface area contributed by atoms with E-state index in [1.807, 2.05) is 30.3 Å². The van der Waals surface area contributed by atoms with E-state index in [9.17, 15) is 9.90 Å². The van der Waals surface area contributed by atoms with Crippen LogP contribution in [0.25, 0.3) is 0 Å². The normalized spacial score (nSPS) is 17.5. The van der Waals surface area contributed by atoms with Crippen LogP contribution in [0.5, 0.6) is 0 Å². The molecule has 0 unspecified atom stereocenters. The van der Waals surface area contributed by atoms with Gasteiger partial charge in [-0.05, 0) is 19.4 Å². The van der Waals surface area contributed by atoms with E-state index >= 15 is 0 Å². The molecule has 0 saturated carbocycles. The third kappa shape index (κ3) is 4.42. The second-order valence-electron chi connectivity index (χ2n) is 4.85. The molecule has 0 heterocycles. The monoisotopic (exact) mass is 266 g/mol. The van der Waals surface area contributed by atoms with Crippen LogP contribution in [0.2, 0.25) is 0 Å². The molecule has 1 N–H and O–H groups in total. The molecule has 106 valence electrons. The molecule has 0 radical (unpaired) electrons. The Kier molecular flexibility index (Phi) is 6.15. The molecule has 1 rings (SSSR count). The van der Waals surface area contributed by atoms with Crippen molar-refractivity contribution in [3.63, 3.8) is 0 Å². The van der Waals surface area contributed by atoms with Crippen molar-refractivity contribution in [2.75, 3.05) is 7.11 Å². The molecule has 0 aliphatic carbocycles. The number of carbonyl (C=O) groups is 1. The zero-order chi connectivity index (χ0) is 14.3. The van der Waals surface area contributed by atoms with Gasteiger partial charge < -0.3 is 19.4 Å². The summed E-state index contributed by atoms with van der Waals surface area (Å²) >= 11 is 0. The van der Waals surface area contributed by atoms with Gasteiger partial charge in [0.05, 0.1) is 12.7 Å². The smallest absolute Gasteiger partial charge is 0.122 e. The summed E-state index contributed by atoms with van der Waals surface area (Å²) in [5.74, 6) is 0. The lowest BCUT2D eigenvalue weighted by Crippen LogP contribution is -2.49. The fourth-order valence-electron chi connectivity index (χ4n) is 2.07. The molecule has 0 amide bonds. The third-order valence-electron chi connectivity index (χ3n) is 3.27. The Labute approximate surface area is 114 Å². The highest BCUT2D eigenvalue weighted by molar-refractivity contribution is 5.51. The topological polar surface area (TPSA) is 55.8 Å². The van der Waals surface area contributed by atoms with Crippen molar-refractivity contribution in [1.82, 2.24) is 0 Å². The molecular formula is C15H22O4. The predicted molar refractivity (Wildman–Crippen MR) is 72.8 cm³/mol. The summed E-state index contributed by atoms with van der Waals surface area (Å²) in [5.41, 5.74) is 0.183. The number of rotatable bonds is 8. The number of aliphatic hydroxyl groups excluding tert-OH is 1. The van der Waals surface area contributed by atoms with Crippen molar-refractivity contribution < 1.29 is 19.4 Å². The van der Waals surface area contributed by atoms with Gasteiger partial charge in [-0.25, -0.2) is 0 Å². The number of hydrogen-bond donors (Lipinski definition) is 1. The zero-order valence-electron chi connectivity index (χ0n) is 11.7. The Morgan fingerprint density at radius 2 is 2.00 bits per heavy atom. The van der Waals surface area contributed by atoms with Crippen LogP contribution in [0.15, 0.2) is 30.3 Å². The van der Waals surface area contributed by atoms with Crippen molar-refractivity contribution in [3.05, 3.63) is 35.9 Å². The minimum Gasteiger partial charge on any atom is -0.391 e. The highest BCUT2D eigenvalue weighted by atomic mass is 16.6. The van der Waals surface area contributed by atoms with E-state index in [-0.39, 0.29) is 6.42 Å². The first-order chi connectivity index (χ1) is 9.03. The van der Waals surface area contributed by atoms with Crippen LogP contribution < -0.4 is 0 Å². The van der Waals surface area contributed by atoms with E-state index < -0.39 is 17.8 Å². The number of carbonyl (C=O) groups excluding carboxylic acids is 1. The fourth-order valence-corrected chi connectivity index (χ4v) is 2.07. The largest absolute Gasteiger partial charge is 0.391 e. The average Bonchev–Trinajstić information content (AvgIpc) is 2.40. The third-order valence-corrected chi connectivity index (χ3v) is 3.27. The van der Waals surface area contributed by atoms with Crippen LogP contribution >= 0.6 is 0 Å². The van der Waals surface area contributed by atoms with Crippen LogP contribution in [0.4, 0.5) is 0 Å². The van der Waals surface area contributed by atoms with Gasteiger partial charge in [0.1, 0.15) is 18.0 Å². The Bertz CT molecular complexity index is 377. The Morgan fingerprint density at radius 1 is 1.37 bits per heavy atom. The van der Waals surface area contributed by atoms with Crippen LogP contribution in [0, 0.1) is 0 Å². The number of aldehydes is 1. The van der Waals surface area contributed by atoms with E-state index in [2.05, 4.69) is 0 Å². The maximum atomic E-state index is 10.8. The van der Waals surface area contributed by atoms with Crippen LogP contribution in [0.3, 0.4) is 0 Å². The summed E-state index contributed by atoms with van der Waals surface area (Å²) in [4.78, 5) is 10.8. The lowest BCUT2D eigenvalue weighted by molar-refractivity contribution is -0.166. The predicted octanol–water partition coefficient (Wildman–Crippen LogP) is 1.95. The fraction of sp³-hybridized carbons (Fsp3) is 0.533. The molecule has 1 aromatic rings. The second kappa shape index (κ2) is 7.38. The number of methoxy groups -OCH3 is 1. The van der Waals surface area contributed by atoms with Crippen molar-refractivity contribution in [2.24, 2.45) is 0 Å². The van der Waals surface area contributed by atoms with Gasteiger partial charge in [-0.15, -0.1) is 0 Å². The maximum Gasteiger partial charge on any atom is 0.122 e. The van der Waals surface area contributed by atoms with E-state index in [4.69, 9.17) is 9.47 Å². The van der Waals surface area contributed by atoms with Gasteiger partial charge in [0.15, 0.2) is 0 Å². The first kappa shape index (κ1) is 15.8. The molecule has 4 heteroatoms. The average molecular weight is 266 g/mol. The molecule has 1 aromatic carbocycles. The van der Waals surface area contributed by atoms with Gasteiger partial charge >= 0.3 is 0 Å². The van der Waals surface area contributed by atoms with Gasteiger partial charge in [-0.1, -0.05) is 30.3 Å². The van der Waals surface area contributed by atoms with Crippen LogP contribution in [-0.4, -0.2) is 36.3 Å². The molecule has 0 aliphatic rings. The summed E-state index contributed by atoms with van der Waals surface area (Å²) in [5, 5.41) is 9.86. The van der Waals surface area contributed by atoms with Crippen molar-refractivity contribution in [2.45, 2.75) is 44.7 Å². The molecule has 0 spiro atoms. The summed E-state index contributed by atoms with van der Waals surface area (Å²) in [6.07, 6.45) is -0.338. The van der Waals surface area contributed by atoms with E-state index in [1.165, 1.54) is 7.11 Å². The molecule has 0 aromatic heterocycles. The van der Waals surface area contributed by atoms with Crippen molar-refractivity contribution >= 4 is 6.29 Å². The van der Waals surface area contributed by atoms with E-state index in [0.717, 1.165) is 11.8 Å². The van der Waals surface area contributed by atoms with Crippen LogP contribution in [-0.2, 0) is 20.9 Å². The minimum atomic E-state index is -0.829. The van der Waals surface area contributed by atoms with Gasteiger partial charge in [0, 0.05) is 13.5 Å². The highest BCUT2D eigenvalue weighted by Crippen LogP contribution is 2.25. The summed E-state index contributed by atoms with van der Waals surface area (Å²) < 4.78 is 11.1. The Morgan fingerprint density at radius 3 is 2.47 bits per heavy atom. The minimum absolute atomic E-state index is 0.174. The first-order valence-corrected chi connectivity index (χ1v) is 6.36. The molecule has 0 saturated heterocycles. The van der Waals surface area contributed by atoms with Gasteiger partial charge in [0.2, 0.25) is 0 Å². The molecular weight excluding hydrogens is 244 g/mol. The Balaban J connectivity index is 2.75. The molecule has 0 aliphatic heterocycles. The quantitative estimate of drug-likeness (QED) is 0.731. The SMILES string of the molecule is CO[C@](C)(CC=O)[C@@H](OCc1ccccc1)[C@H](C)O. The van der Waals surface area contributed by atoms with Gasteiger partial charge in [-0.3, -0.25) is 0 Å². The van der Waals surface area contributed by atoms with Gasteiger partial charge in [0.25, 0.3) is 0 Å². The molecule has 19 heavy (non-hydrogen) atoms. The molecule has 0 bridgehead atoms. The molecule has 0 fully saturated rings. The number of hydrogen-bond acceptors (Lipinski definition) is 4. The lowest BCUT2D eigenvalue weighted by atomic mass is 9.91. The zero-order valence-corrected chi connectivity index (χ0v) is 11.7. The molecule has 4 nitrogen and oxygen atoms in total. The number of aliphatic hydroxyl groups is 1. The standard InChI is InChI=1S/C15H22O4/c1-12(17)14(15(2,18-3)9-10-16)19-11-13-7-5-4-6-8-13/h4-8,10,12,14,17H,9,11H2,1-3H3/t12-,14-,15+/m0/s1. The van der Waals surface area contributed by atoms with Crippen molar-refractivity contribution in [3.8, 4) is 0 Å². The van der Waals surface area contributed by atoms with E-state index in [1.54, 1.807) is 13.8 Å². The molecule has 3 atom stereocenters. The summed E-state index contributed by atoms with van der Waals surface area (Å²) in [7, 11) is 1.52. The summed E-state index contributed by atoms with van der Waals surface area (Å²) in [6, 6.07) is 9.68. The second-order valence-corrected chi connectivity index (χ2v) is 4.85. The van der Waals surface area contributed by atoms with Crippen LogP contribution in [0.1, 0.15) is 25.8 Å². The number of benzene rings is 1. The van der Waals surface area contributed by atoms with E-state index in [0.29, 0.717) is 6.61 Å². The highest BCUT2D eigenvalue weighted by Gasteiger charge is 2.38. The maximum absolute atomic E-state index is 10.8. The van der Waals surface area contributed by atoms with Crippen molar-refractivity contribution in [1.29, 1.82) is 0 Å². The Hall–Kier alpha value is -1.23. The summed E-state index contributed by atoms with van der Waals surface area (Å²) in [6.45, 7) is 3.77. The number of ether oxygens (including phenoxy) is 2. The van der Waals surface area contributed by atoms with Gasteiger partial charge in [-0.2, -0.15) is 0 Å².